The Hall–Kier alpha value is -0.480. The molecule has 3 nitrogen and oxygen atoms in total. The third kappa shape index (κ3) is 3.25. The van der Waals surface area contributed by atoms with Gasteiger partial charge in [-0.2, -0.15) is 0 Å². The minimum absolute atomic E-state index is 0.717. The molecule has 0 saturated heterocycles. The van der Waals surface area contributed by atoms with Gasteiger partial charge in [0.1, 0.15) is 10.0 Å². The molecule has 1 aromatic rings. The predicted molar refractivity (Wildman–Crippen MR) is 67.8 cm³/mol. The molecule has 4 heteroatoms. The summed E-state index contributed by atoms with van der Waals surface area (Å²) in [5.41, 5.74) is 0. The lowest BCUT2D eigenvalue weighted by atomic mass is 10.2. The molecule has 2 atom stereocenters. The lowest BCUT2D eigenvalue weighted by Gasteiger charge is -2.05. The van der Waals surface area contributed by atoms with Gasteiger partial charge in [-0.1, -0.05) is 20.8 Å². The van der Waals surface area contributed by atoms with Crippen LogP contribution in [0.5, 0.6) is 0 Å². The fourth-order valence-electron chi connectivity index (χ4n) is 1.77. The van der Waals surface area contributed by atoms with Crippen molar-refractivity contribution in [2.45, 2.75) is 39.5 Å². The Morgan fingerprint density at radius 1 is 1.44 bits per heavy atom. The van der Waals surface area contributed by atoms with Crippen LogP contribution in [-0.4, -0.2) is 23.3 Å². The number of hydrogen-bond donors (Lipinski definition) is 1. The molecule has 2 unspecified atom stereocenters. The zero-order chi connectivity index (χ0) is 11.5. The highest BCUT2D eigenvalue weighted by Crippen LogP contribution is 2.47. The van der Waals surface area contributed by atoms with Crippen molar-refractivity contribution in [3.05, 3.63) is 10.0 Å². The van der Waals surface area contributed by atoms with E-state index in [0.717, 1.165) is 37.3 Å². The van der Waals surface area contributed by atoms with Gasteiger partial charge in [0.05, 0.1) is 0 Å². The molecule has 1 aliphatic carbocycles. The number of aromatic nitrogens is 2. The number of rotatable bonds is 6. The average Bonchev–Trinajstić information content (AvgIpc) is 2.79. The van der Waals surface area contributed by atoms with E-state index in [0.29, 0.717) is 0 Å². The van der Waals surface area contributed by atoms with E-state index in [1.54, 1.807) is 11.3 Å². The summed E-state index contributed by atoms with van der Waals surface area (Å²) in [5, 5.41) is 14.4. The van der Waals surface area contributed by atoms with E-state index in [9.17, 15) is 0 Å². The fourth-order valence-corrected chi connectivity index (χ4v) is 2.86. The van der Waals surface area contributed by atoms with Crippen molar-refractivity contribution in [3.8, 4) is 0 Å². The Bertz CT molecular complexity index is 335. The topological polar surface area (TPSA) is 37.8 Å². The van der Waals surface area contributed by atoms with Crippen LogP contribution in [0.15, 0.2) is 0 Å². The van der Waals surface area contributed by atoms with Gasteiger partial charge < -0.3 is 5.32 Å². The zero-order valence-electron chi connectivity index (χ0n) is 10.4. The van der Waals surface area contributed by atoms with Crippen molar-refractivity contribution >= 4 is 11.3 Å². The summed E-state index contributed by atoms with van der Waals surface area (Å²) in [7, 11) is 0. The number of hydrogen-bond acceptors (Lipinski definition) is 4. The second-order valence-electron chi connectivity index (χ2n) is 5.20. The molecule has 2 rings (SSSR count). The molecule has 0 aliphatic heterocycles. The van der Waals surface area contributed by atoms with Gasteiger partial charge in [-0.25, -0.2) is 0 Å². The van der Waals surface area contributed by atoms with E-state index >= 15 is 0 Å². The molecule has 0 amide bonds. The highest BCUT2D eigenvalue weighted by atomic mass is 32.1. The molecular formula is C12H21N3S. The third-order valence-electron chi connectivity index (χ3n) is 2.98. The first-order valence-electron chi connectivity index (χ1n) is 6.19. The smallest absolute Gasteiger partial charge is 0.120 e. The summed E-state index contributed by atoms with van der Waals surface area (Å²) in [6.45, 7) is 8.85. The Morgan fingerprint density at radius 3 is 2.81 bits per heavy atom. The van der Waals surface area contributed by atoms with Crippen LogP contribution in [0.2, 0.25) is 0 Å². The third-order valence-corrected chi connectivity index (χ3v) is 4.09. The van der Waals surface area contributed by atoms with E-state index in [1.165, 1.54) is 16.4 Å². The van der Waals surface area contributed by atoms with Crippen LogP contribution >= 0.6 is 11.3 Å². The van der Waals surface area contributed by atoms with Crippen LogP contribution in [-0.2, 0) is 6.42 Å². The quantitative estimate of drug-likeness (QED) is 0.775. The molecule has 0 spiro atoms. The molecule has 1 fully saturated rings. The second kappa shape index (κ2) is 5.23. The van der Waals surface area contributed by atoms with Crippen LogP contribution in [0.25, 0.3) is 0 Å². The molecule has 16 heavy (non-hydrogen) atoms. The largest absolute Gasteiger partial charge is 0.316 e. The first-order valence-corrected chi connectivity index (χ1v) is 7.01. The van der Waals surface area contributed by atoms with E-state index in [4.69, 9.17) is 0 Å². The molecule has 0 radical (unpaired) electrons. The van der Waals surface area contributed by atoms with Gasteiger partial charge in [-0.05, 0) is 24.8 Å². The van der Waals surface area contributed by atoms with Crippen LogP contribution in [0.1, 0.15) is 43.1 Å². The van der Waals surface area contributed by atoms with Crippen molar-refractivity contribution < 1.29 is 0 Å². The molecular weight excluding hydrogens is 218 g/mol. The Kier molecular flexibility index (Phi) is 3.92. The van der Waals surface area contributed by atoms with Crippen LogP contribution in [0, 0.1) is 11.8 Å². The van der Waals surface area contributed by atoms with Crippen LogP contribution in [0.3, 0.4) is 0 Å². The lowest BCUT2D eigenvalue weighted by molar-refractivity contribution is 0.553. The second-order valence-corrected chi connectivity index (χ2v) is 6.30. The van der Waals surface area contributed by atoms with Gasteiger partial charge in [0.15, 0.2) is 0 Å². The summed E-state index contributed by atoms with van der Waals surface area (Å²) >= 11 is 1.80. The lowest BCUT2D eigenvalue weighted by Crippen LogP contribution is -2.22. The zero-order valence-corrected chi connectivity index (χ0v) is 11.2. The summed E-state index contributed by atoms with van der Waals surface area (Å²) in [5.74, 6) is 2.27. The van der Waals surface area contributed by atoms with Crippen LogP contribution in [0.4, 0.5) is 0 Å². The summed E-state index contributed by atoms with van der Waals surface area (Å²) < 4.78 is 0. The normalized spacial score (nSPS) is 24.0. The van der Waals surface area contributed by atoms with E-state index in [-0.39, 0.29) is 0 Å². The molecule has 90 valence electrons. The predicted octanol–water partition coefficient (Wildman–Crippen LogP) is 2.45. The number of nitrogens with one attached hydrogen (secondary N) is 1. The number of nitrogens with zero attached hydrogens (tertiary/aromatic N) is 2. The van der Waals surface area contributed by atoms with Crippen LogP contribution < -0.4 is 5.32 Å². The summed E-state index contributed by atoms with van der Waals surface area (Å²) in [6.07, 6.45) is 2.33. The first-order chi connectivity index (χ1) is 7.66. The summed E-state index contributed by atoms with van der Waals surface area (Å²) in [4.78, 5) is 0. The van der Waals surface area contributed by atoms with Crippen molar-refractivity contribution in [2.24, 2.45) is 11.8 Å². The molecule has 1 heterocycles. The molecule has 1 saturated carbocycles. The standard InChI is InChI=1S/C12H21N3S/c1-8(2)7-13-5-4-11-14-15-12(16-11)10-6-9(10)3/h8-10,13H,4-7H2,1-3H3. The van der Waals surface area contributed by atoms with E-state index in [2.05, 4.69) is 36.3 Å². The van der Waals surface area contributed by atoms with Gasteiger partial charge in [0, 0.05) is 18.9 Å². The van der Waals surface area contributed by atoms with Crippen molar-refractivity contribution in [1.29, 1.82) is 0 Å². The van der Waals surface area contributed by atoms with Gasteiger partial charge >= 0.3 is 0 Å². The molecule has 0 aromatic carbocycles. The first kappa shape index (κ1) is 12.0. The van der Waals surface area contributed by atoms with Gasteiger partial charge in [-0.15, -0.1) is 21.5 Å². The maximum absolute atomic E-state index is 4.28. The minimum Gasteiger partial charge on any atom is -0.316 e. The average molecular weight is 239 g/mol. The molecule has 1 aromatic heterocycles. The van der Waals surface area contributed by atoms with E-state index < -0.39 is 0 Å². The van der Waals surface area contributed by atoms with Gasteiger partial charge in [0.25, 0.3) is 0 Å². The highest BCUT2D eigenvalue weighted by molar-refractivity contribution is 7.11. The maximum atomic E-state index is 4.28. The maximum Gasteiger partial charge on any atom is 0.120 e. The minimum atomic E-state index is 0.717. The van der Waals surface area contributed by atoms with Gasteiger partial charge in [-0.3, -0.25) is 0 Å². The molecule has 1 N–H and O–H groups in total. The Morgan fingerprint density at radius 2 is 2.19 bits per heavy atom. The fraction of sp³-hybridized carbons (Fsp3) is 0.833. The van der Waals surface area contributed by atoms with Crippen molar-refractivity contribution in [1.82, 2.24) is 15.5 Å². The molecule has 1 aliphatic rings. The summed E-state index contributed by atoms with van der Waals surface area (Å²) in [6, 6.07) is 0. The highest BCUT2D eigenvalue weighted by Gasteiger charge is 2.36. The Balaban J connectivity index is 1.71. The SMILES string of the molecule is CC(C)CNCCc1nnc(C2CC2C)s1. The molecule has 0 bridgehead atoms. The van der Waals surface area contributed by atoms with Crippen molar-refractivity contribution in [2.75, 3.05) is 13.1 Å². The van der Waals surface area contributed by atoms with Crippen molar-refractivity contribution in [3.63, 3.8) is 0 Å². The van der Waals surface area contributed by atoms with Gasteiger partial charge in [0.2, 0.25) is 0 Å². The Labute approximate surface area is 102 Å². The van der Waals surface area contributed by atoms with E-state index in [1.807, 2.05) is 0 Å². The monoisotopic (exact) mass is 239 g/mol.